The van der Waals surface area contributed by atoms with Crippen molar-refractivity contribution in [2.45, 2.75) is 51.9 Å². The van der Waals surface area contributed by atoms with Crippen LogP contribution in [0.15, 0.2) is 35.2 Å². The lowest BCUT2D eigenvalue weighted by Crippen LogP contribution is -2.43. The van der Waals surface area contributed by atoms with Crippen molar-refractivity contribution < 1.29 is 18.8 Å². The normalized spacial score (nSPS) is 15.5. The summed E-state index contributed by atoms with van der Waals surface area (Å²) in [6.07, 6.45) is 6.37. The molecule has 0 radical (unpaired) electrons. The first-order valence-corrected chi connectivity index (χ1v) is 10.00. The number of amides is 1. The first-order chi connectivity index (χ1) is 14.4. The average Bonchev–Trinajstić information content (AvgIpc) is 3.20. The quantitative estimate of drug-likeness (QED) is 0.641. The second-order valence-electron chi connectivity index (χ2n) is 8.29. The van der Waals surface area contributed by atoms with Crippen molar-refractivity contribution in [1.29, 1.82) is 0 Å². The first kappa shape index (κ1) is 20.2. The number of nitrogens with zero attached hydrogens (tertiary/aromatic N) is 5. The summed E-state index contributed by atoms with van der Waals surface area (Å²) in [4.78, 5) is 26.7. The van der Waals surface area contributed by atoms with Crippen LogP contribution in [0.3, 0.4) is 0 Å². The van der Waals surface area contributed by atoms with Crippen LogP contribution in [0.2, 0.25) is 0 Å². The van der Waals surface area contributed by atoms with Crippen molar-refractivity contribution in [3.05, 3.63) is 36.5 Å². The average molecular weight is 411 g/mol. The van der Waals surface area contributed by atoms with Crippen molar-refractivity contribution in [3.63, 3.8) is 0 Å². The Hall–Kier alpha value is -3.07. The van der Waals surface area contributed by atoms with E-state index in [4.69, 9.17) is 14.0 Å². The van der Waals surface area contributed by atoms with Gasteiger partial charge in [0.2, 0.25) is 0 Å². The number of piperidine rings is 1. The Balaban J connectivity index is 1.29. The van der Waals surface area contributed by atoms with Crippen LogP contribution < -0.4 is 0 Å². The number of rotatable bonds is 4. The highest BCUT2D eigenvalue weighted by atomic mass is 16.6. The zero-order valence-electron chi connectivity index (χ0n) is 17.4. The molecule has 0 aliphatic carbocycles. The van der Waals surface area contributed by atoms with Gasteiger partial charge in [0.1, 0.15) is 12.2 Å². The summed E-state index contributed by atoms with van der Waals surface area (Å²) >= 11 is 0. The number of carbonyl (C=O) groups excluding carboxylic acids is 1. The number of fused-ring (bicyclic) bond motifs is 1. The molecule has 9 nitrogen and oxygen atoms in total. The standard InChI is InChI=1S/C21H25N5O4/c1-21(2,3)29-20(27)26-8-5-16(6-9-26)28-13-18-24-19(30-25-18)15-10-14-4-7-22-12-17(14)23-11-15/h4,7,10-12,16H,5-6,8-9,13H2,1-3H3. The van der Waals surface area contributed by atoms with Gasteiger partial charge in [0.15, 0.2) is 5.82 Å². The summed E-state index contributed by atoms with van der Waals surface area (Å²) in [7, 11) is 0. The lowest BCUT2D eigenvalue weighted by atomic mass is 10.1. The molecule has 3 aromatic rings. The predicted molar refractivity (Wildman–Crippen MR) is 108 cm³/mol. The molecule has 4 rings (SSSR count). The molecule has 1 aliphatic rings. The van der Waals surface area contributed by atoms with Gasteiger partial charge in [0.25, 0.3) is 5.89 Å². The van der Waals surface area contributed by atoms with E-state index in [0.717, 1.165) is 29.3 Å². The van der Waals surface area contributed by atoms with Crippen LogP contribution in [0.1, 0.15) is 39.4 Å². The lowest BCUT2D eigenvalue weighted by Gasteiger charge is -2.33. The van der Waals surface area contributed by atoms with E-state index in [1.807, 2.05) is 32.9 Å². The number of likely N-dealkylation sites (tertiary alicyclic amines) is 1. The highest BCUT2D eigenvalue weighted by Crippen LogP contribution is 2.22. The molecule has 0 saturated carbocycles. The Morgan fingerprint density at radius 2 is 2.07 bits per heavy atom. The fraction of sp³-hybridized carbons (Fsp3) is 0.476. The first-order valence-electron chi connectivity index (χ1n) is 10.00. The maximum absolute atomic E-state index is 12.1. The van der Waals surface area contributed by atoms with Crippen LogP contribution in [0.4, 0.5) is 4.79 Å². The fourth-order valence-corrected chi connectivity index (χ4v) is 3.24. The van der Waals surface area contributed by atoms with Gasteiger partial charge in [0, 0.05) is 30.9 Å². The van der Waals surface area contributed by atoms with Gasteiger partial charge in [-0.2, -0.15) is 4.98 Å². The molecular formula is C21H25N5O4. The maximum atomic E-state index is 12.1. The van der Waals surface area contributed by atoms with Gasteiger partial charge in [-0.05, 0) is 45.7 Å². The number of hydrogen-bond acceptors (Lipinski definition) is 8. The van der Waals surface area contributed by atoms with Crippen LogP contribution in [0, 0.1) is 0 Å². The number of aromatic nitrogens is 4. The van der Waals surface area contributed by atoms with Gasteiger partial charge in [-0.3, -0.25) is 9.97 Å². The third-order valence-corrected chi connectivity index (χ3v) is 4.74. The molecule has 0 unspecified atom stereocenters. The molecule has 9 heteroatoms. The van der Waals surface area contributed by atoms with Crippen LogP contribution in [0.25, 0.3) is 22.4 Å². The topological polar surface area (TPSA) is 103 Å². The van der Waals surface area contributed by atoms with E-state index in [9.17, 15) is 4.79 Å². The van der Waals surface area contributed by atoms with Gasteiger partial charge in [-0.15, -0.1) is 0 Å². The van der Waals surface area contributed by atoms with Gasteiger partial charge >= 0.3 is 6.09 Å². The molecule has 30 heavy (non-hydrogen) atoms. The summed E-state index contributed by atoms with van der Waals surface area (Å²) in [5.41, 5.74) is 1.07. The minimum atomic E-state index is -0.488. The molecule has 0 N–H and O–H groups in total. The Morgan fingerprint density at radius 1 is 1.27 bits per heavy atom. The van der Waals surface area contributed by atoms with Gasteiger partial charge in [-0.1, -0.05) is 5.16 Å². The molecule has 3 aromatic heterocycles. The van der Waals surface area contributed by atoms with Crippen LogP contribution in [-0.2, 0) is 16.1 Å². The minimum Gasteiger partial charge on any atom is -0.444 e. The maximum Gasteiger partial charge on any atom is 0.410 e. The van der Waals surface area contributed by atoms with Crippen molar-refractivity contribution in [1.82, 2.24) is 25.0 Å². The molecule has 158 valence electrons. The minimum absolute atomic E-state index is 0.0421. The molecule has 0 aromatic carbocycles. The molecule has 0 bridgehead atoms. The number of carbonyl (C=O) groups is 1. The van der Waals surface area contributed by atoms with E-state index in [-0.39, 0.29) is 18.8 Å². The molecule has 1 fully saturated rings. The monoisotopic (exact) mass is 411 g/mol. The zero-order chi connectivity index (χ0) is 21.1. The molecule has 0 spiro atoms. The Kier molecular flexibility index (Phi) is 5.63. The summed E-state index contributed by atoms with van der Waals surface area (Å²) in [5, 5.41) is 4.96. The van der Waals surface area contributed by atoms with Gasteiger partial charge in [0.05, 0.1) is 23.4 Å². The van der Waals surface area contributed by atoms with E-state index < -0.39 is 5.60 Å². The SMILES string of the molecule is CC(C)(C)OC(=O)N1CCC(OCc2noc(-c3cnc4cnccc4c3)n2)CC1. The zero-order valence-corrected chi connectivity index (χ0v) is 17.4. The second-order valence-corrected chi connectivity index (χ2v) is 8.29. The molecule has 1 saturated heterocycles. The predicted octanol–water partition coefficient (Wildman–Crippen LogP) is 3.60. The fourth-order valence-electron chi connectivity index (χ4n) is 3.24. The summed E-state index contributed by atoms with van der Waals surface area (Å²) in [6, 6.07) is 3.82. The van der Waals surface area contributed by atoms with E-state index >= 15 is 0 Å². The molecule has 1 aliphatic heterocycles. The highest BCUT2D eigenvalue weighted by molar-refractivity contribution is 5.81. The van der Waals surface area contributed by atoms with Crippen molar-refractivity contribution in [3.8, 4) is 11.5 Å². The Bertz CT molecular complexity index is 1020. The molecule has 1 amide bonds. The van der Waals surface area contributed by atoms with Crippen LogP contribution >= 0.6 is 0 Å². The third-order valence-electron chi connectivity index (χ3n) is 4.74. The van der Waals surface area contributed by atoms with E-state index in [1.54, 1.807) is 23.5 Å². The summed E-state index contributed by atoms with van der Waals surface area (Å²) in [6.45, 7) is 7.07. The van der Waals surface area contributed by atoms with Gasteiger partial charge < -0.3 is 18.9 Å². The van der Waals surface area contributed by atoms with Crippen molar-refractivity contribution in [2.75, 3.05) is 13.1 Å². The van der Waals surface area contributed by atoms with Gasteiger partial charge in [-0.25, -0.2) is 4.79 Å². The van der Waals surface area contributed by atoms with E-state index in [2.05, 4.69) is 20.1 Å². The smallest absolute Gasteiger partial charge is 0.410 e. The van der Waals surface area contributed by atoms with Crippen molar-refractivity contribution in [2.24, 2.45) is 0 Å². The molecular weight excluding hydrogens is 386 g/mol. The summed E-state index contributed by atoms with van der Waals surface area (Å²) in [5.74, 6) is 0.883. The third kappa shape index (κ3) is 4.91. The second kappa shape index (κ2) is 8.35. The largest absolute Gasteiger partial charge is 0.444 e. The van der Waals surface area contributed by atoms with E-state index in [0.29, 0.717) is 24.8 Å². The van der Waals surface area contributed by atoms with Crippen molar-refractivity contribution >= 4 is 17.0 Å². The number of pyridine rings is 2. The molecule has 0 atom stereocenters. The number of ether oxygens (including phenoxy) is 2. The van der Waals surface area contributed by atoms with E-state index in [1.165, 1.54) is 0 Å². The molecule has 4 heterocycles. The summed E-state index contributed by atoms with van der Waals surface area (Å²) < 4.78 is 16.7. The Labute approximate surface area is 174 Å². The van der Waals surface area contributed by atoms with Crippen LogP contribution in [0.5, 0.6) is 0 Å². The Morgan fingerprint density at radius 3 is 2.83 bits per heavy atom. The van der Waals surface area contributed by atoms with Crippen LogP contribution in [-0.4, -0.2) is 55.9 Å². The lowest BCUT2D eigenvalue weighted by molar-refractivity contribution is -0.0190. The highest BCUT2D eigenvalue weighted by Gasteiger charge is 2.27. The number of hydrogen-bond donors (Lipinski definition) is 0.